The van der Waals surface area contributed by atoms with Gasteiger partial charge in [0.05, 0.1) is 18.2 Å². The Bertz CT molecular complexity index is 638. The number of hydrogen-bond donors (Lipinski definition) is 4. The topological polar surface area (TPSA) is 139 Å². The highest BCUT2D eigenvalue weighted by molar-refractivity contribution is 5.93. The Morgan fingerprint density at radius 2 is 1.86 bits per heavy atom. The lowest BCUT2D eigenvalue weighted by Crippen LogP contribution is -2.57. The van der Waals surface area contributed by atoms with E-state index < -0.39 is 42.2 Å². The molecule has 28 heavy (non-hydrogen) atoms. The molecule has 1 amide bonds. The molecule has 1 rings (SSSR count). The molecular weight excluding hydrogens is 385 g/mol. The van der Waals surface area contributed by atoms with E-state index in [1.54, 1.807) is 0 Å². The van der Waals surface area contributed by atoms with Gasteiger partial charge in [-0.1, -0.05) is 13.8 Å². The van der Waals surface area contributed by atoms with Crippen molar-refractivity contribution in [2.45, 2.75) is 63.6 Å². The molecule has 0 saturated heterocycles. The van der Waals surface area contributed by atoms with E-state index in [-0.39, 0.29) is 18.1 Å². The van der Waals surface area contributed by atoms with Gasteiger partial charge < -0.3 is 26.0 Å². The SMILES string of the molecule is C#CC(=O)N[C@@H]1[C@@H](N)CC(C(=O)O)=C[C@H]1OC(CC)CC.O=C(O)C(F)(F)F. The number of carbonyl (C=O) groups excluding carboxylic acids is 1. The van der Waals surface area contributed by atoms with Crippen LogP contribution in [0.4, 0.5) is 13.2 Å². The summed E-state index contributed by atoms with van der Waals surface area (Å²) in [4.78, 5) is 31.5. The summed E-state index contributed by atoms with van der Waals surface area (Å²) < 4.78 is 37.6. The van der Waals surface area contributed by atoms with Crippen LogP contribution in [0, 0.1) is 12.3 Å². The predicted molar refractivity (Wildman–Crippen MR) is 92.0 cm³/mol. The van der Waals surface area contributed by atoms with E-state index in [1.807, 2.05) is 19.8 Å². The molecule has 0 aromatic carbocycles. The number of amides is 1. The maximum Gasteiger partial charge on any atom is 0.490 e. The molecular formula is C17H23F3N2O6. The van der Waals surface area contributed by atoms with E-state index in [0.717, 1.165) is 12.8 Å². The largest absolute Gasteiger partial charge is 0.490 e. The Kier molecular flexibility index (Phi) is 10.3. The number of carboxylic acid groups (broad SMARTS) is 2. The molecule has 0 unspecified atom stereocenters. The Morgan fingerprint density at radius 3 is 2.21 bits per heavy atom. The molecule has 0 bridgehead atoms. The summed E-state index contributed by atoms with van der Waals surface area (Å²) in [7, 11) is 0. The second kappa shape index (κ2) is 11.3. The van der Waals surface area contributed by atoms with Crippen molar-refractivity contribution in [1.29, 1.82) is 0 Å². The van der Waals surface area contributed by atoms with Crippen molar-refractivity contribution in [2.75, 3.05) is 0 Å². The zero-order chi connectivity index (χ0) is 22.1. The molecule has 0 fully saturated rings. The van der Waals surface area contributed by atoms with Crippen molar-refractivity contribution >= 4 is 17.8 Å². The highest BCUT2D eigenvalue weighted by Gasteiger charge is 2.38. The maximum absolute atomic E-state index is 11.4. The summed E-state index contributed by atoms with van der Waals surface area (Å²) in [5.41, 5.74) is 6.19. The van der Waals surface area contributed by atoms with Gasteiger partial charge >= 0.3 is 18.1 Å². The van der Waals surface area contributed by atoms with Gasteiger partial charge in [-0.05, 0) is 31.3 Å². The molecule has 8 nitrogen and oxygen atoms in total. The molecule has 0 aliphatic heterocycles. The van der Waals surface area contributed by atoms with Gasteiger partial charge in [0.2, 0.25) is 0 Å². The lowest BCUT2D eigenvalue weighted by atomic mass is 9.88. The molecule has 0 saturated carbocycles. The second-order valence-electron chi connectivity index (χ2n) is 5.85. The van der Waals surface area contributed by atoms with Crippen LogP contribution >= 0.6 is 0 Å². The van der Waals surface area contributed by atoms with Gasteiger partial charge in [-0.15, -0.1) is 6.42 Å². The highest BCUT2D eigenvalue weighted by Crippen LogP contribution is 2.23. The Balaban J connectivity index is 0.000000887. The molecule has 1 aliphatic carbocycles. The average Bonchev–Trinajstić information content (AvgIpc) is 2.61. The first-order chi connectivity index (χ1) is 12.9. The summed E-state index contributed by atoms with van der Waals surface area (Å²) in [5, 5.41) is 18.9. The summed E-state index contributed by atoms with van der Waals surface area (Å²) in [6.45, 7) is 3.96. The van der Waals surface area contributed by atoms with Gasteiger partial charge in [0.15, 0.2) is 0 Å². The van der Waals surface area contributed by atoms with E-state index in [0.29, 0.717) is 0 Å². The highest BCUT2D eigenvalue weighted by atomic mass is 19.4. The molecule has 0 aromatic rings. The number of ether oxygens (including phenoxy) is 1. The van der Waals surface area contributed by atoms with Crippen molar-refractivity contribution < 1.29 is 42.5 Å². The monoisotopic (exact) mass is 408 g/mol. The molecule has 0 radical (unpaired) electrons. The first-order valence-electron chi connectivity index (χ1n) is 8.29. The maximum atomic E-state index is 11.4. The third-order valence-corrected chi connectivity index (χ3v) is 3.84. The quantitative estimate of drug-likeness (QED) is 0.482. The van der Waals surface area contributed by atoms with E-state index in [2.05, 4.69) is 5.32 Å². The van der Waals surface area contributed by atoms with Crippen LogP contribution in [0.1, 0.15) is 33.1 Å². The van der Waals surface area contributed by atoms with Crippen LogP contribution in [-0.2, 0) is 19.1 Å². The van der Waals surface area contributed by atoms with Crippen molar-refractivity contribution in [1.82, 2.24) is 5.32 Å². The number of carboxylic acids is 2. The van der Waals surface area contributed by atoms with Crippen LogP contribution in [0.3, 0.4) is 0 Å². The van der Waals surface area contributed by atoms with Gasteiger partial charge in [0.25, 0.3) is 5.91 Å². The first kappa shape index (κ1) is 25.4. The minimum atomic E-state index is -5.08. The van der Waals surface area contributed by atoms with Gasteiger partial charge in [0, 0.05) is 11.6 Å². The Hall–Kier alpha value is -2.58. The van der Waals surface area contributed by atoms with Crippen LogP contribution in [0.2, 0.25) is 0 Å². The first-order valence-corrected chi connectivity index (χ1v) is 8.29. The third kappa shape index (κ3) is 8.41. The van der Waals surface area contributed by atoms with Crippen LogP contribution in [0.15, 0.2) is 11.6 Å². The van der Waals surface area contributed by atoms with Crippen LogP contribution in [0.5, 0.6) is 0 Å². The van der Waals surface area contributed by atoms with E-state index in [4.69, 9.17) is 31.9 Å². The minimum Gasteiger partial charge on any atom is -0.478 e. The van der Waals surface area contributed by atoms with Crippen LogP contribution in [-0.4, -0.2) is 58.5 Å². The van der Waals surface area contributed by atoms with Crippen molar-refractivity contribution in [3.63, 3.8) is 0 Å². The van der Waals surface area contributed by atoms with Crippen molar-refractivity contribution in [3.8, 4) is 12.3 Å². The summed E-state index contributed by atoms with van der Waals surface area (Å²) >= 11 is 0. The summed E-state index contributed by atoms with van der Waals surface area (Å²) in [5.74, 6) is -2.39. The number of carbonyl (C=O) groups is 3. The minimum absolute atomic E-state index is 0.0307. The Morgan fingerprint density at radius 1 is 1.36 bits per heavy atom. The van der Waals surface area contributed by atoms with Crippen molar-refractivity contribution in [2.24, 2.45) is 5.73 Å². The number of halogens is 3. The number of hydrogen-bond acceptors (Lipinski definition) is 5. The van der Waals surface area contributed by atoms with Gasteiger partial charge in [-0.25, -0.2) is 9.59 Å². The van der Waals surface area contributed by atoms with E-state index in [9.17, 15) is 22.8 Å². The third-order valence-electron chi connectivity index (χ3n) is 3.84. The summed E-state index contributed by atoms with van der Waals surface area (Å²) in [6.07, 6.45) is 2.60. The zero-order valence-corrected chi connectivity index (χ0v) is 15.3. The van der Waals surface area contributed by atoms with Crippen LogP contribution < -0.4 is 11.1 Å². The normalized spacial score (nSPS) is 21.6. The molecule has 0 aromatic heterocycles. The average molecular weight is 408 g/mol. The molecule has 11 heteroatoms. The lowest BCUT2D eigenvalue weighted by molar-refractivity contribution is -0.192. The fourth-order valence-electron chi connectivity index (χ4n) is 2.36. The second-order valence-corrected chi connectivity index (χ2v) is 5.85. The number of alkyl halides is 3. The Labute approximate surface area is 159 Å². The predicted octanol–water partition coefficient (Wildman–Crippen LogP) is 1.05. The number of nitrogens with one attached hydrogen (secondary N) is 1. The summed E-state index contributed by atoms with van der Waals surface area (Å²) in [6, 6.07) is -1.09. The fourth-order valence-corrected chi connectivity index (χ4v) is 2.36. The van der Waals surface area contributed by atoms with E-state index in [1.165, 1.54) is 6.08 Å². The van der Waals surface area contributed by atoms with Gasteiger partial charge in [0.1, 0.15) is 0 Å². The van der Waals surface area contributed by atoms with Gasteiger partial charge in [-0.3, -0.25) is 4.79 Å². The zero-order valence-electron chi connectivity index (χ0n) is 15.3. The number of aliphatic carboxylic acids is 2. The molecule has 5 N–H and O–H groups in total. The molecule has 158 valence electrons. The number of nitrogens with two attached hydrogens (primary N) is 1. The van der Waals surface area contributed by atoms with Crippen LogP contribution in [0.25, 0.3) is 0 Å². The van der Waals surface area contributed by atoms with E-state index >= 15 is 0 Å². The standard InChI is InChI=1S/C15H22N2O4.C2HF3O2/c1-4-10(5-2)21-12-8-9(15(19)20)7-11(16)14(12)17-13(18)6-3;3-2(4,5)1(6)7/h3,8,10-12,14H,4-5,7,16H2,1-2H3,(H,17,18)(H,19,20);(H,6,7)/t11-,12+,14+;/m0./s1. The molecule has 0 spiro atoms. The molecule has 0 heterocycles. The van der Waals surface area contributed by atoms with Crippen molar-refractivity contribution in [3.05, 3.63) is 11.6 Å². The van der Waals surface area contributed by atoms with Gasteiger partial charge in [-0.2, -0.15) is 13.2 Å². The lowest BCUT2D eigenvalue weighted by Gasteiger charge is -2.36. The molecule has 3 atom stereocenters. The molecule has 1 aliphatic rings. The smallest absolute Gasteiger partial charge is 0.478 e. The fraction of sp³-hybridized carbons (Fsp3) is 0.588. The number of terminal acetylenes is 1. The number of rotatable bonds is 6.